The van der Waals surface area contributed by atoms with Crippen molar-refractivity contribution >= 4 is 6.29 Å². The summed E-state index contributed by atoms with van der Waals surface area (Å²) in [5.74, 6) is 0.646. The summed E-state index contributed by atoms with van der Waals surface area (Å²) in [4.78, 5) is 11.0. The first-order chi connectivity index (χ1) is 8.83. The van der Waals surface area contributed by atoms with Gasteiger partial charge in [0, 0.05) is 6.61 Å². The molecule has 1 rings (SSSR count). The first-order valence-electron chi connectivity index (χ1n) is 6.22. The molecule has 0 heterocycles. The van der Waals surface area contributed by atoms with Gasteiger partial charge in [-0.15, -0.1) is 6.58 Å². The van der Waals surface area contributed by atoms with Crippen molar-refractivity contribution in [1.29, 1.82) is 0 Å². The molecule has 0 aliphatic rings. The third-order valence-corrected chi connectivity index (χ3v) is 2.44. The molecule has 0 N–H and O–H groups in total. The van der Waals surface area contributed by atoms with Gasteiger partial charge >= 0.3 is 0 Å². The van der Waals surface area contributed by atoms with E-state index in [0.29, 0.717) is 30.9 Å². The van der Waals surface area contributed by atoms with Crippen LogP contribution < -0.4 is 4.74 Å². The highest BCUT2D eigenvalue weighted by Crippen LogP contribution is 2.23. The highest BCUT2D eigenvalue weighted by Gasteiger charge is 2.08. The standard InChI is InChI=1S/C15H20O3/c1-3-6-13-7-5-8-14(12-16)15(13)18-11-10-17-9-4-2/h3,5,7-8,12H,1,4,6,9-11H2,2H3. The van der Waals surface area contributed by atoms with Crippen molar-refractivity contribution in [2.45, 2.75) is 19.8 Å². The number of benzene rings is 1. The fourth-order valence-corrected chi connectivity index (χ4v) is 1.64. The van der Waals surface area contributed by atoms with Gasteiger partial charge in [-0.25, -0.2) is 0 Å². The molecule has 0 aromatic heterocycles. The summed E-state index contributed by atoms with van der Waals surface area (Å²) in [6, 6.07) is 5.54. The molecule has 0 aliphatic carbocycles. The molecule has 1 aromatic rings. The second-order valence-electron chi connectivity index (χ2n) is 3.91. The van der Waals surface area contributed by atoms with Gasteiger partial charge in [-0.05, 0) is 24.5 Å². The van der Waals surface area contributed by atoms with Crippen LogP contribution in [0.15, 0.2) is 30.9 Å². The summed E-state index contributed by atoms with van der Waals surface area (Å²) >= 11 is 0. The average molecular weight is 248 g/mol. The Balaban J connectivity index is 2.65. The van der Waals surface area contributed by atoms with Crippen molar-refractivity contribution < 1.29 is 14.3 Å². The van der Waals surface area contributed by atoms with Crippen molar-refractivity contribution in [2.24, 2.45) is 0 Å². The zero-order chi connectivity index (χ0) is 13.2. The molecule has 0 atom stereocenters. The van der Waals surface area contributed by atoms with E-state index in [1.807, 2.05) is 12.1 Å². The monoisotopic (exact) mass is 248 g/mol. The lowest BCUT2D eigenvalue weighted by molar-refractivity contribution is 0.0989. The van der Waals surface area contributed by atoms with E-state index in [2.05, 4.69) is 13.5 Å². The van der Waals surface area contributed by atoms with Crippen molar-refractivity contribution in [3.63, 3.8) is 0 Å². The Morgan fingerprint density at radius 3 is 2.78 bits per heavy atom. The molecule has 98 valence electrons. The fraction of sp³-hybridized carbons (Fsp3) is 0.400. The summed E-state index contributed by atoms with van der Waals surface area (Å²) in [6.07, 6.45) is 4.29. The molecule has 0 amide bonds. The van der Waals surface area contributed by atoms with Gasteiger partial charge in [0.2, 0.25) is 0 Å². The number of allylic oxidation sites excluding steroid dienone is 1. The molecule has 3 heteroatoms. The van der Waals surface area contributed by atoms with Crippen LogP contribution in [0.2, 0.25) is 0 Å². The van der Waals surface area contributed by atoms with E-state index in [4.69, 9.17) is 9.47 Å². The molecule has 0 spiro atoms. The molecule has 1 aromatic carbocycles. The van der Waals surface area contributed by atoms with Gasteiger partial charge in [0.05, 0.1) is 12.2 Å². The lowest BCUT2D eigenvalue weighted by Gasteiger charge is -2.12. The number of ether oxygens (including phenoxy) is 2. The molecule has 0 saturated carbocycles. The molecule has 0 bridgehead atoms. The van der Waals surface area contributed by atoms with Gasteiger partial charge in [0.1, 0.15) is 12.4 Å². The maximum absolute atomic E-state index is 11.0. The summed E-state index contributed by atoms with van der Waals surface area (Å²) in [6.45, 7) is 7.49. The van der Waals surface area contributed by atoms with Crippen LogP contribution >= 0.6 is 0 Å². The van der Waals surface area contributed by atoms with Crippen LogP contribution in [-0.2, 0) is 11.2 Å². The van der Waals surface area contributed by atoms with Crippen molar-refractivity contribution in [3.8, 4) is 5.75 Å². The molecule has 0 unspecified atom stereocenters. The predicted molar refractivity (Wildman–Crippen MR) is 72.3 cm³/mol. The van der Waals surface area contributed by atoms with E-state index in [0.717, 1.165) is 24.9 Å². The summed E-state index contributed by atoms with van der Waals surface area (Å²) < 4.78 is 11.0. The molecule has 0 fully saturated rings. The Bertz CT molecular complexity index is 385. The smallest absolute Gasteiger partial charge is 0.153 e. The molecule has 0 aliphatic heterocycles. The van der Waals surface area contributed by atoms with Gasteiger partial charge in [-0.2, -0.15) is 0 Å². The normalized spacial score (nSPS) is 10.1. The first-order valence-corrected chi connectivity index (χ1v) is 6.22. The Morgan fingerprint density at radius 1 is 1.28 bits per heavy atom. The van der Waals surface area contributed by atoms with Crippen molar-refractivity contribution in [1.82, 2.24) is 0 Å². The van der Waals surface area contributed by atoms with Crippen molar-refractivity contribution in [3.05, 3.63) is 42.0 Å². The van der Waals surface area contributed by atoms with Crippen LogP contribution in [-0.4, -0.2) is 26.1 Å². The minimum atomic E-state index is 0.453. The van der Waals surface area contributed by atoms with Crippen LogP contribution in [0, 0.1) is 0 Å². The SMILES string of the molecule is C=CCc1cccc(C=O)c1OCCOCCC. The quantitative estimate of drug-likeness (QED) is 0.383. The van der Waals surface area contributed by atoms with Gasteiger partial charge in [-0.1, -0.05) is 25.1 Å². The predicted octanol–water partition coefficient (Wildman–Crippen LogP) is 3.03. The van der Waals surface area contributed by atoms with Crippen LogP contribution in [0.1, 0.15) is 29.3 Å². The first kappa shape index (κ1) is 14.5. The highest BCUT2D eigenvalue weighted by molar-refractivity contribution is 5.80. The maximum Gasteiger partial charge on any atom is 0.153 e. The van der Waals surface area contributed by atoms with E-state index in [1.54, 1.807) is 12.1 Å². The average Bonchev–Trinajstić information content (AvgIpc) is 2.40. The van der Waals surface area contributed by atoms with E-state index in [1.165, 1.54) is 0 Å². The second-order valence-corrected chi connectivity index (χ2v) is 3.91. The lowest BCUT2D eigenvalue weighted by Crippen LogP contribution is -2.09. The Labute approximate surface area is 108 Å². The molecule has 3 nitrogen and oxygen atoms in total. The van der Waals surface area contributed by atoms with Gasteiger partial charge in [-0.3, -0.25) is 4.79 Å². The second kappa shape index (κ2) is 8.48. The Kier molecular flexibility index (Phi) is 6.81. The van der Waals surface area contributed by atoms with Gasteiger partial charge in [0.25, 0.3) is 0 Å². The number of para-hydroxylation sites is 1. The highest BCUT2D eigenvalue weighted by atomic mass is 16.5. The molecule has 18 heavy (non-hydrogen) atoms. The molecular formula is C15H20O3. The molecule has 0 saturated heterocycles. The van der Waals surface area contributed by atoms with E-state index >= 15 is 0 Å². The zero-order valence-corrected chi connectivity index (χ0v) is 10.9. The van der Waals surface area contributed by atoms with E-state index in [9.17, 15) is 4.79 Å². The maximum atomic E-state index is 11.0. The number of carbonyl (C=O) groups is 1. The number of hydrogen-bond donors (Lipinski definition) is 0. The third-order valence-electron chi connectivity index (χ3n) is 2.44. The molecular weight excluding hydrogens is 228 g/mol. The van der Waals surface area contributed by atoms with Crippen LogP contribution in [0.4, 0.5) is 0 Å². The third kappa shape index (κ3) is 4.34. The topological polar surface area (TPSA) is 35.5 Å². The van der Waals surface area contributed by atoms with Crippen LogP contribution in [0.3, 0.4) is 0 Å². The number of hydrogen-bond acceptors (Lipinski definition) is 3. The summed E-state index contributed by atoms with van der Waals surface area (Å²) in [7, 11) is 0. The van der Waals surface area contributed by atoms with Crippen LogP contribution in [0.25, 0.3) is 0 Å². The minimum Gasteiger partial charge on any atom is -0.490 e. The number of rotatable bonds is 9. The Morgan fingerprint density at radius 2 is 2.11 bits per heavy atom. The van der Waals surface area contributed by atoms with Gasteiger partial charge < -0.3 is 9.47 Å². The number of carbonyl (C=O) groups excluding carboxylic acids is 1. The zero-order valence-electron chi connectivity index (χ0n) is 10.9. The van der Waals surface area contributed by atoms with E-state index < -0.39 is 0 Å². The lowest BCUT2D eigenvalue weighted by atomic mass is 10.1. The number of aldehydes is 1. The minimum absolute atomic E-state index is 0.453. The summed E-state index contributed by atoms with van der Waals surface area (Å²) in [5.41, 5.74) is 1.55. The van der Waals surface area contributed by atoms with Crippen LogP contribution in [0.5, 0.6) is 5.75 Å². The van der Waals surface area contributed by atoms with Gasteiger partial charge in [0.15, 0.2) is 6.29 Å². The summed E-state index contributed by atoms with van der Waals surface area (Å²) in [5, 5.41) is 0. The van der Waals surface area contributed by atoms with Crippen molar-refractivity contribution in [2.75, 3.05) is 19.8 Å². The van der Waals surface area contributed by atoms with E-state index in [-0.39, 0.29) is 0 Å². The molecule has 0 radical (unpaired) electrons. The fourth-order valence-electron chi connectivity index (χ4n) is 1.64. The Hall–Kier alpha value is -1.61. The largest absolute Gasteiger partial charge is 0.490 e.